The Bertz CT molecular complexity index is 110. The lowest BCUT2D eigenvalue weighted by molar-refractivity contribution is 0.242. The van der Waals surface area contributed by atoms with Gasteiger partial charge in [0.15, 0.2) is 0 Å². The van der Waals surface area contributed by atoms with E-state index in [-0.39, 0.29) is 5.54 Å². The van der Waals surface area contributed by atoms with Crippen LogP contribution in [0.5, 0.6) is 0 Å². The van der Waals surface area contributed by atoms with Crippen LogP contribution in [0.15, 0.2) is 0 Å². The maximum Gasteiger partial charge on any atom is 0.0249 e. The first-order chi connectivity index (χ1) is 5.52. The Kier molecular flexibility index (Phi) is 5.51. The first-order valence-corrected chi connectivity index (χ1v) is 4.89. The summed E-state index contributed by atoms with van der Waals surface area (Å²) in [6.07, 6.45) is 2.58. The minimum absolute atomic E-state index is 0.239. The van der Waals surface area contributed by atoms with E-state index >= 15 is 0 Å². The summed E-state index contributed by atoms with van der Waals surface area (Å²) in [5, 5.41) is 3.31. The number of rotatable bonds is 6. The number of unbranched alkanes of at least 4 members (excludes halogenated alkanes) is 1. The van der Waals surface area contributed by atoms with Crippen molar-refractivity contribution in [2.45, 2.75) is 39.2 Å². The fourth-order valence-electron chi connectivity index (χ4n) is 1.26. The summed E-state index contributed by atoms with van der Waals surface area (Å²) >= 11 is 0. The van der Waals surface area contributed by atoms with E-state index < -0.39 is 0 Å². The zero-order valence-electron chi connectivity index (χ0n) is 9.28. The lowest BCUT2D eigenvalue weighted by Crippen LogP contribution is -2.46. The average Bonchev–Trinajstić information content (AvgIpc) is 2.00. The molecule has 1 N–H and O–H groups in total. The molecule has 0 aromatic heterocycles. The molecular weight excluding hydrogens is 148 g/mol. The highest BCUT2D eigenvalue weighted by Crippen LogP contribution is 2.03. The fraction of sp³-hybridized carbons (Fsp3) is 1.00. The molecule has 0 amide bonds. The van der Waals surface area contributed by atoms with E-state index in [9.17, 15) is 0 Å². The number of hydrogen-bond donors (Lipinski definition) is 1. The quantitative estimate of drug-likeness (QED) is 0.656. The molecule has 0 saturated carbocycles. The van der Waals surface area contributed by atoms with Crippen molar-refractivity contribution in [2.24, 2.45) is 0 Å². The Hall–Kier alpha value is -0.0800. The van der Waals surface area contributed by atoms with Crippen LogP contribution in [0, 0.1) is 0 Å². The Morgan fingerprint density at radius 2 is 1.92 bits per heavy atom. The second-order valence-corrected chi connectivity index (χ2v) is 4.23. The summed E-state index contributed by atoms with van der Waals surface area (Å²) in [6.45, 7) is 9.02. The van der Waals surface area contributed by atoms with Crippen molar-refractivity contribution >= 4 is 0 Å². The maximum atomic E-state index is 3.31. The standard InChI is InChI=1S/C10H24N2/c1-6-7-8-12(5)9-10(2,3)11-4/h11H,6-9H2,1-5H3. The third-order valence-electron chi connectivity index (χ3n) is 2.24. The Morgan fingerprint density at radius 3 is 2.33 bits per heavy atom. The Labute approximate surface area is 77.3 Å². The van der Waals surface area contributed by atoms with E-state index in [1.807, 2.05) is 7.05 Å². The van der Waals surface area contributed by atoms with Crippen molar-refractivity contribution in [3.63, 3.8) is 0 Å². The molecule has 74 valence electrons. The average molecular weight is 172 g/mol. The van der Waals surface area contributed by atoms with Gasteiger partial charge in [0, 0.05) is 12.1 Å². The van der Waals surface area contributed by atoms with E-state index in [2.05, 4.69) is 38.0 Å². The molecule has 0 saturated heterocycles. The lowest BCUT2D eigenvalue weighted by atomic mass is 10.1. The predicted octanol–water partition coefficient (Wildman–Crippen LogP) is 1.72. The molecule has 0 heterocycles. The summed E-state index contributed by atoms with van der Waals surface area (Å²) in [5.41, 5.74) is 0.239. The summed E-state index contributed by atoms with van der Waals surface area (Å²) in [6, 6.07) is 0. The van der Waals surface area contributed by atoms with Crippen molar-refractivity contribution in [3.8, 4) is 0 Å². The molecule has 0 aromatic rings. The molecule has 0 spiro atoms. The second kappa shape index (κ2) is 5.55. The zero-order chi connectivity index (χ0) is 9.61. The van der Waals surface area contributed by atoms with Crippen LogP contribution < -0.4 is 5.32 Å². The van der Waals surface area contributed by atoms with Gasteiger partial charge in [0.05, 0.1) is 0 Å². The van der Waals surface area contributed by atoms with Crippen molar-refractivity contribution in [1.29, 1.82) is 0 Å². The van der Waals surface area contributed by atoms with Crippen molar-refractivity contribution in [2.75, 3.05) is 27.2 Å². The van der Waals surface area contributed by atoms with Crippen LogP contribution in [0.1, 0.15) is 33.6 Å². The molecule has 0 unspecified atom stereocenters. The number of nitrogens with zero attached hydrogens (tertiary/aromatic N) is 1. The molecular formula is C10H24N2. The highest BCUT2D eigenvalue weighted by molar-refractivity contribution is 4.78. The number of nitrogens with one attached hydrogen (secondary N) is 1. The third-order valence-corrected chi connectivity index (χ3v) is 2.24. The largest absolute Gasteiger partial charge is 0.314 e. The van der Waals surface area contributed by atoms with Gasteiger partial charge in [0.2, 0.25) is 0 Å². The zero-order valence-corrected chi connectivity index (χ0v) is 9.28. The number of hydrogen-bond acceptors (Lipinski definition) is 2. The lowest BCUT2D eigenvalue weighted by Gasteiger charge is -2.29. The molecule has 2 heteroatoms. The minimum atomic E-state index is 0.239. The van der Waals surface area contributed by atoms with Gasteiger partial charge in [-0.15, -0.1) is 0 Å². The minimum Gasteiger partial charge on any atom is -0.314 e. The van der Waals surface area contributed by atoms with Crippen molar-refractivity contribution < 1.29 is 0 Å². The number of likely N-dealkylation sites (N-methyl/N-ethyl adjacent to an activating group) is 2. The smallest absolute Gasteiger partial charge is 0.0249 e. The van der Waals surface area contributed by atoms with Gasteiger partial charge in [-0.25, -0.2) is 0 Å². The molecule has 0 aliphatic carbocycles. The molecule has 0 bridgehead atoms. The molecule has 0 fully saturated rings. The van der Waals surface area contributed by atoms with Crippen LogP contribution >= 0.6 is 0 Å². The van der Waals surface area contributed by atoms with Gasteiger partial charge in [-0.2, -0.15) is 0 Å². The van der Waals surface area contributed by atoms with Crippen LogP contribution in [0.25, 0.3) is 0 Å². The first-order valence-electron chi connectivity index (χ1n) is 4.89. The Balaban J connectivity index is 3.60. The SMILES string of the molecule is CCCCN(C)CC(C)(C)NC. The highest BCUT2D eigenvalue weighted by atomic mass is 15.1. The van der Waals surface area contributed by atoms with E-state index in [0.29, 0.717) is 0 Å². The summed E-state index contributed by atoms with van der Waals surface area (Å²) in [4.78, 5) is 2.39. The molecule has 0 atom stereocenters. The highest BCUT2D eigenvalue weighted by Gasteiger charge is 2.16. The topological polar surface area (TPSA) is 15.3 Å². The van der Waals surface area contributed by atoms with Crippen molar-refractivity contribution in [3.05, 3.63) is 0 Å². The van der Waals surface area contributed by atoms with E-state index in [4.69, 9.17) is 0 Å². The van der Waals surface area contributed by atoms with E-state index in [0.717, 1.165) is 6.54 Å². The summed E-state index contributed by atoms with van der Waals surface area (Å²) < 4.78 is 0. The Morgan fingerprint density at radius 1 is 1.33 bits per heavy atom. The van der Waals surface area contributed by atoms with Crippen LogP contribution in [0.2, 0.25) is 0 Å². The predicted molar refractivity (Wildman–Crippen MR) is 55.5 cm³/mol. The van der Waals surface area contributed by atoms with Gasteiger partial charge in [0.1, 0.15) is 0 Å². The van der Waals surface area contributed by atoms with Crippen LogP contribution in [0.3, 0.4) is 0 Å². The van der Waals surface area contributed by atoms with E-state index in [1.54, 1.807) is 0 Å². The molecule has 0 aliphatic rings. The monoisotopic (exact) mass is 172 g/mol. The first kappa shape index (κ1) is 11.9. The summed E-state index contributed by atoms with van der Waals surface area (Å²) in [7, 11) is 4.21. The third kappa shape index (κ3) is 5.56. The van der Waals surface area contributed by atoms with Gasteiger partial charge < -0.3 is 10.2 Å². The normalized spacial score (nSPS) is 12.5. The molecule has 0 aliphatic heterocycles. The molecule has 2 nitrogen and oxygen atoms in total. The van der Waals surface area contributed by atoms with Crippen molar-refractivity contribution in [1.82, 2.24) is 10.2 Å². The molecule has 0 aromatic carbocycles. The van der Waals surface area contributed by atoms with E-state index in [1.165, 1.54) is 19.4 Å². The van der Waals surface area contributed by atoms with Gasteiger partial charge >= 0.3 is 0 Å². The van der Waals surface area contributed by atoms with Gasteiger partial charge in [-0.05, 0) is 40.9 Å². The summed E-state index contributed by atoms with van der Waals surface area (Å²) in [5.74, 6) is 0. The van der Waals surface area contributed by atoms with Gasteiger partial charge in [-0.3, -0.25) is 0 Å². The van der Waals surface area contributed by atoms with Gasteiger partial charge in [0.25, 0.3) is 0 Å². The van der Waals surface area contributed by atoms with Crippen LogP contribution in [-0.4, -0.2) is 37.6 Å². The second-order valence-electron chi connectivity index (χ2n) is 4.23. The maximum absolute atomic E-state index is 3.31. The molecule has 0 radical (unpaired) electrons. The molecule has 0 rings (SSSR count). The fourth-order valence-corrected chi connectivity index (χ4v) is 1.26. The van der Waals surface area contributed by atoms with Gasteiger partial charge in [-0.1, -0.05) is 13.3 Å². The molecule has 12 heavy (non-hydrogen) atoms. The van der Waals surface area contributed by atoms with Crippen LogP contribution in [-0.2, 0) is 0 Å². The van der Waals surface area contributed by atoms with Crippen LogP contribution in [0.4, 0.5) is 0 Å².